The van der Waals surface area contributed by atoms with Crippen LogP contribution in [0.4, 0.5) is 0 Å². The molecule has 0 spiro atoms. The highest BCUT2D eigenvalue weighted by Gasteiger charge is 2.42. The molecule has 0 bridgehead atoms. The van der Waals surface area contributed by atoms with Crippen LogP contribution in [-0.4, -0.2) is 40.1 Å². The molecule has 1 aromatic rings. The zero-order valence-corrected chi connectivity index (χ0v) is 10.9. The molecule has 0 saturated heterocycles. The minimum Gasteiger partial charge on any atom is -0.297 e. The minimum absolute atomic E-state index is 0.224. The molecule has 0 aliphatic heterocycles. The van der Waals surface area contributed by atoms with Crippen LogP contribution < -0.4 is 0 Å². The van der Waals surface area contributed by atoms with Crippen molar-refractivity contribution in [1.82, 2.24) is 14.7 Å². The zero-order valence-electron chi connectivity index (χ0n) is 10.9. The first kappa shape index (κ1) is 12.3. The topological polar surface area (TPSA) is 38.1 Å². The van der Waals surface area contributed by atoms with Crippen LogP contribution >= 0.6 is 0 Å². The van der Waals surface area contributed by atoms with Crippen LogP contribution in [0.2, 0.25) is 0 Å². The second kappa shape index (κ2) is 4.61. The van der Waals surface area contributed by atoms with Gasteiger partial charge in [0.15, 0.2) is 0 Å². The van der Waals surface area contributed by atoms with Gasteiger partial charge in [0.05, 0.1) is 5.54 Å². The number of carbonyl (C=O) groups excluding carboxylic acids is 1. The molecule has 4 heteroatoms. The van der Waals surface area contributed by atoms with Crippen LogP contribution in [-0.2, 0) is 7.05 Å². The lowest BCUT2D eigenvalue weighted by atomic mass is 9.76. The van der Waals surface area contributed by atoms with Crippen LogP contribution in [0, 0.1) is 0 Å². The van der Waals surface area contributed by atoms with E-state index in [1.807, 2.05) is 27.2 Å². The van der Waals surface area contributed by atoms with Gasteiger partial charge < -0.3 is 0 Å². The van der Waals surface area contributed by atoms with E-state index < -0.39 is 0 Å². The second-order valence-corrected chi connectivity index (χ2v) is 5.16. The quantitative estimate of drug-likeness (QED) is 0.751. The van der Waals surface area contributed by atoms with Gasteiger partial charge in [-0.15, -0.1) is 0 Å². The molecule has 1 aromatic heterocycles. The largest absolute Gasteiger partial charge is 0.297 e. The molecular formula is C13H21N3O. The van der Waals surface area contributed by atoms with E-state index in [9.17, 15) is 4.79 Å². The predicted octanol–water partition coefficient (Wildman–Crippen LogP) is 1.87. The molecular weight excluding hydrogens is 214 g/mol. The summed E-state index contributed by atoms with van der Waals surface area (Å²) in [6, 6.07) is 1.82. The fourth-order valence-corrected chi connectivity index (χ4v) is 2.85. The number of rotatable bonds is 3. The van der Waals surface area contributed by atoms with Crippen LogP contribution in [0.5, 0.6) is 0 Å². The Kier molecular flexibility index (Phi) is 3.33. The van der Waals surface area contributed by atoms with Crippen molar-refractivity contribution in [2.75, 3.05) is 14.1 Å². The molecule has 0 atom stereocenters. The highest BCUT2D eigenvalue weighted by atomic mass is 16.1. The van der Waals surface area contributed by atoms with E-state index in [4.69, 9.17) is 0 Å². The zero-order chi connectivity index (χ0) is 12.5. The van der Waals surface area contributed by atoms with Crippen molar-refractivity contribution in [2.45, 2.75) is 37.6 Å². The summed E-state index contributed by atoms with van der Waals surface area (Å²) < 4.78 is 1.68. The van der Waals surface area contributed by atoms with Crippen molar-refractivity contribution in [1.29, 1.82) is 0 Å². The number of aromatic nitrogens is 2. The van der Waals surface area contributed by atoms with E-state index in [-0.39, 0.29) is 11.3 Å². The van der Waals surface area contributed by atoms with Crippen molar-refractivity contribution in [2.24, 2.45) is 7.05 Å². The third-order valence-corrected chi connectivity index (χ3v) is 4.01. The Morgan fingerprint density at radius 1 is 1.35 bits per heavy atom. The third-order valence-electron chi connectivity index (χ3n) is 4.01. The Bertz CT molecular complexity index is 403. The molecule has 1 saturated carbocycles. The van der Waals surface area contributed by atoms with Crippen molar-refractivity contribution in [3.63, 3.8) is 0 Å². The van der Waals surface area contributed by atoms with Gasteiger partial charge in [-0.3, -0.25) is 14.4 Å². The molecule has 0 radical (unpaired) electrons. The molecule has 0 unspecified atom stereocenters. The van der Waals surface area contributed by atoms with E-state index in [1.54, 1.807) is 10.9 Å². The Morgan fingerprint density at radius 2 is 2.00 bits per heavy atom. The molecule has 4 nitrogen and oxygen atoms in total. The lowest BCUT2D eigenvalue weighted by molar-refractivity contribution is 0.0553. The first-order chi connectivity index (χ1) is 8.08. The Labute approximate surface area is 103 Å². The average Bonchev–Trinajstić information content (AvgIpc) is 2.75. The molecule has 2 rings (SSSR count). The maximum absolute atomic E-state index is 12.7. The van der Waals surface area contributed by atoms with Crippen molar-refractivity contribution < 1.29 is 4.79 Å². The highest BCUT2D eigenvalue weighted by molar-refractivity contribution is 6.02. The van der Waals surface area contributed by atoms with Crippen LogP contribution in [0.25, 0.3) is 0 Å². The molecule has 94 valence electrons. The molecule has 17 heavy (non-hydrogen) atoms. The van der Waals surface area contributed by atoms with Crippen molar-refractivity contribution >= 4 is 5.78 Å². The standard InChI is InChI=1S/C13H21N3O/c1-15(2)13(8-5-4-6-9-13)12(17)11-7-10-14-16(11)3/h7,10H,4-6,8-9H2,1-3H3. The number of hydrogen-bond donors (Lipinski definition) is 0. The first-order valence-corrected chi connectivity index (χ1v) is 6.28. The average molecular weight is 235 g/mol. The van der Waals surface area contributed by atoms with E-state index in [1.165, 1.54) is 6.42 Å². The molecule has 1 aliphatic rings. The van der Waals surface area contributed by atoms with Crippen LogP contribution in [0.15, 0.2) is 12.3 Å². The molecule has 0 N–H and O–H groups in total. The predicted molar refractivity (Wildman–Crippen MR) is 67.0 cm³/mol. The van der Waals surface area contributed by atoms with Gasteiger partial charge in [0.1, 0.15) is 5.69 Å². The van der Waals surface area contributed by atoms with E-state index in [0.29, 0.717) is 0 Å². The summed E-state index contributed by atoms with van der Waals surface area (Å²) in [4.78, 5) is 14.8. The molecule has 1 heterocycles. The van der Waals surface area contributed by atoms with Gasteiger partial charge in [-0.1, -0.05) is 19.3 Å². The SMILES string of the molecule is CN(C)C1(C(=O)c2ccnn2C)CCCCC1. The number of nitrogens with zero attached hydrogens (tertiary/aromatic N) is 3. The Morgan fingerprint density at radius 3 is 2.47 bits per heavy atom. The smallest absolute Gasteiger partial charge is 0.200 e. The summed E-state index contributed by atoms with van der Waals surface area (Å²) in [6.45, 7) is 0. The van der Waals surface area contributed by atoms with Crippen molar-refractivity contribution in [3.05, 3.63) is 18.0 Å². The lowest BCUT2D eigenvalue weighted by Gasteiger charge is -2.41. The summed E-state index contributed by atoms with van der Waals surface area (Å²) in [5, 5.41) is 4.10. The van der Waals surface area contributed by atoms with E-state index >= 15 is 0 Å². The van der Waals surface area contributed by atoms with E-state index in [2.05, 4.69) is 10.00 Å². The Hall–Kier alpha value is -1.16. The van der Waals surface area contributed by atoms with Crippen LogP contribution in [0.1, 0.15) is 42.6 Å². The Balaban J connectivity index is 2.34. The van der Waals surface area contributed by atoms with Gasteiger partial charge in [0.2, 0.25) is 5.78 Å². The minimum atomic E-state index is -0.313. The van der Waals surface area contributed by atoms with Gasteiger partial charge in [-0.25, -0.2) is 0 Å². The first-order valence-electron chi connectivity index (χ1n) is 6.28. The maximum Gasteiger partial charge on any atom is 0.200 e. The number of ketones is 1. The number of Topliss-reactive ketones (excluding diaryl/α,β-unsaturated/α-hetero) is 1. The summed E-state index contributed by atoms with van der Waals surface area (Å²) in [5.74, 6) is 0.224. The maximum atomic E-state index is 12.7. The summed E-state index contributed by atoms with van der Waals surface area (Å²) in [6.07, 6.45) is 7.14. The van der Waals surface area contributed by atoms with Crippen molar-refractivity contribution in [3.8, 4) is 0 Å². The van der Waals surface area contributed by atoms with E-state index in [0.717, 1.165) is 31.4 Å². The fraction of sp³-hybridized carbons (Fsp3) is 0.692. The number of aryl methyl sites for hydroxylation is 1. The monoisotopic (exact) mass is 235 g/mol. The molecule has 0 aromatic carbocycles. The van der Waals surface area contributed by atoms with Gasteiger partial charge in [-0.05, 0) is 33.0 Å². The summed E-state index contributed by atoms with van der Waals surface area (Å²) in [7, 11) is 5.86. The number of likely N-dealkylation sites (N-methyl/N-ethyl adjacent to an activating group) is 1. The highest BCUT2D eigenvalue weighted by Crippen LogP contribution is 2.34. The molecule has 0 amide bonds. The fourth-order valence-electron chi connectivity index (χ4n) is 2.85. The molecule has 1 fully saturated rings. The van der Waals surface area contributed by atoms with Gasteiger partial charge in [-0.2, -0.15) is 5.10 Å². The summed E-state index contributed by atoms with van der Waals surface area (Å²) in [5.41, 5.74) is 0.409. The van der Waals surface area contributed by atoms with Gasteiger partial charge in [0.25, 0.3) is 0 Å². The second-order valence-electron chi connectivity index (χ2n) is 5.16. The molecule has 1 aliphatic carbocycles. The van der Waals surface area contributed by atoms with Gasteiger partial charge >= 0.3 is 0 Å². The lowest BCUT2D eigenvalue weighted by Crippen LogP contribution is -2.52. The normalized spacial score (nSPS) is 19.5. The summed E-state index contributed by atoms with van der Waals surface area (Å²) >= 11 is 0. The number of hydrogen-bond acceptors (Lipinski definition) is 3. The van der Waals surface area contributed by atoms with Crippen LogP contribution in [0.3, 0.4) is 0 Å². The third kappa shape index (κ3) is 2.02. The number of carbonyl (C=O) groups is 1. The van der Waals surface area contributed by atoms with Gasteiger partial charge in [0, 0.05) is 13.2 Å².